The van der Waals surface area contributed by atoms with Gasteiger partial charge in [-0.15, -0.1) is 0 Å². The van der Waals surface area contributed by atoms with E-state index in [-0.39, 0.29) is 6.04 Å². The Labute approximate surface area is 174 Å². The van der Waals surface area contributed by atoms with Crippen LogP contribution < -0.4 is 5.32 Å². The molecule has 148 valence electrons. The summed E-state index contributed by atoms with van der Waals surface area (Å²) in [7, 11) is 0. The third kappa shape index (κ3) is 4.43. The second-order valence-corrected chi connectivity index (χ2v) is 8.74. The summed E-state index contributed by atoms with van der Waals surface area (Å²) in [5.41, 5.74) is 6.55. The quantitative estimate of drug-likeness (QED) is 0.541. The number of benzene rings is 2. The van der Waals surface area contributed by atoms with Crippen LogP contribution in [0.25, 0.3) is 11.1 Å². The summed E-state index contributed by atoms with van der Waals surface area (Å²) < 4.78 is 0. The van der Waals surface area contributed by atoms with Crippen LogP contribution in [0.15, 0.2) is 41.4 Å². The number of halogens is 1. The minimum Gasteiger partial charge on any atom is -0.363 e. The largest absolute Gasteiger partial charge is 0.363 e. The number of nitrogens with one attached hydrogen (secondary N) is 1. The summed E-state index contributed by atoms with van der Waals surface area (Å²) in [6, 6.07) is 13.2. The average molecular weight is 395 g/mol. The van der Waals surface area contributed by atoms with Crippen LogP contribution in [-0.4, -0.2) is 12.4 Å². The summed E-state index contributed by atoms with van der Waals surface area (Å²) in [4.78, 5) is 4.98. The number of rotatable bonds is 1. The Morgan fingerprint density at radius 1 is 0.821 bits per heavy atom. The van der Waals surface area contributed by atoms with Crippen molar-refractivity contribution in [2.24, 2.45) is 4.99 Å². The molecule has 0 radical (unpaired) electrons. The van der Waals surface area contributed by atoms with Crippen molar-refractivity contribution in [3.05, 3.63) is 58.1 Å². The standard InChI is InChI=1S/C25H31ClN2/c1-18-11-13-21-22(16-18)20-14-12-19(26)17-23(20)25(21)28-24-10-8-6-4-2-3-5-7-9-15-27-24/h11-14,16-17,25H,2-10,15H2,1H3,(H,27,28). The maximum absolute atomic E-state index is 6.37. The zero-order valence-electron chi connectivity index (χ0n) is 16.9. The fourth-order valence-electron chi connectivity index (χ4n) is 4.54. The predicted octanol–water partition coefficient (Wildman–Crippen LogP) is 7.23. The van der Waals surface area contributed by atoms with E-state index in [0.717, 1.165) is 18.0 Å². The molecule has 1 heterocycles. The van der Waals surface area contributed by atoms with Crippen LogP contribution in [0.2, 0.25) is 5.02 Å². The lowest BCUT2D eigenvalue weighted by Crippen LogP contribution is -2.28. The molecule has 0 aromatic heterocycles. The van der Waals surface area contributed by atoms with Crippen LogP contribution in [0.1, 0.15) is 80.5 Å². The number of aryl methyl sites for hydroxylation is 1. The van der Waals surface area contributed by atoms with Gasteiger partial charge in [-0.05, 0) is 54.2 Å². The Kier molecular flexibility index (Phi) is 6.36. The Balaban J connectivity index is 1.61. The molecular formula is C25H31ClN2. The second kappa shape index (κ2) is 9.13. The van der Waals surface area contributed by atoms with Crippen molar-refractivity contribution in [1.29, 1.82) is 0 Å². The molecule has 0 amide bonds. The smallest absolute Gasteiger partial charge is 0.0970 e. The fourth-order valence-corrected chi connectivity index (χ4v) is 4.72. The molecule has 1 atom stereocenters. The highest BCUT2D eigenvalue weighted by Crippen LogP contribution is 2.44. The highest BCUT2D eigenvalue weighted by molar-refractivity contribution is 6.30. The van der Waals surface area contributed by atoms with Gasteiger partial charge < -0.3 is 5.32 Å². The summed E-state index contributed by atoms with van der Waals surface area (Å²) in [5.74, 6) is 1.17. The second-order valence-electron chi connectivity index (χ2n) is 8.31. The normalized spacial score (nSPS) is 20.4. The molecule has 28 heavy (non-hydrogen) atoms. The molecule has 2 aliphatic rings. The highest BCUT2D eigenvalue weighted by atomic mass is 35.5. The number of hydrogen-bond donors (Lipinski definition) is 1. The number of hydrogen-bond acceptors (Lipinski definition) is 2. The molecule has 2 aromatic carbocycles. The lowest BCUT2D eigenvalue weighted by Gasteiger charge is -2.20. The Bertz CT molecular complexity index is 856. The maximum Gasteiger partial charge on any atom is 0.0970 e. The molecule has 3 heteroatoms. The van der Waals surface area contributed by atoms with E-state index in [9.17, 15) is 0 Å². The first-order valence-electron chi connectivity index (χ1n) is 10.9. The van der Waals surface area contributed by atoms with Crippen molar-refractivity contribution in [2.75, 3.05) is 6.54 Å². The van der Waals surface area contributed by atoms with E-state index in [1.165, 1.54) is 85.0 Å². The molecule has 0 bridgehead atoms. The van der Waals surface area contributed by atoms with Crippen LogP contribution >= 0.6 is 11.6 Å². The van der Waals surface area contributed by atoms with Gasteiger partial charge in [-0.2, -0.15) is 0 Å². The number of fused-ring (bicyclic) bond motifs is 3. The molecule has 0 fully saturated rings. The molecule has 4 rings (SSSR count). The molecule has 2 nitrogen and oxygen atoms in total. The molecule has 1 aliphatic heterocycles. The van der Waals surface area contributed by atoms with Gasteiger partial charge in [0.1, 0.15) is 0 Å². The molecule has 0 saturated carbocycles. The van der Waals surface area contributed by atoms with Crippen molar-refractivity contribution in [1.82, 2.24) is 5.32 Å². The first-order chi connectivity index (χ1) is 13.7. The van der Waals surface area contributed by atoms with Gasteiger partial charge in [0.05, 0.1) is 11.9 Å². The van der Waals surface area contributed by atoms with E-state index >= 15 is 0 Å². The Morgan fingerprint density at radius 3 is 2.39 bits per heavy atom. The summed E-state index contributed by atoms with van der Waals surface area (Å²) in [6.45, 7) is 3.10. The van der Waals surface area contributed by atoms with Gasteiger partial charge in [0, 0.05) is 18.0 Å². The van der Waals surface area contributed by atoms with E-state index in [1.54, 1.807) is 0 Å². The zero-order chi connectivity index (χ0) is 19.3. The topological polar surface area (TPSA) is 24.4 Å². The SMILES string of the molecule is Cc1ccc2c(c1)-c1ccc(Cl)cc1C2NC1=NCCCCCCCCCC1. The molecule has 2 aromatic rings. The van der Waals surface area contributed by atoms with Gasteiger partial charge in [-0.3, -0.25) is 4.99 Å². The number of nitrogens with zero attached hydrogens (tertiary/aromatic N) is 1. The highest BCUT2D eigenvalue weighted by Gasteiger charge is 2.29. The average Bonchev–Trinajstić information content (AvgIpc) is 2.96. The van der Waals surface area contributed by atoms with Gasteiger partial charge in [-0.1, -0.05) is 80.0 Å². The Morgan fingerprint density at radius 2 is 1.57 bits per heavy atom. The van der Waals surface area contributed by atoms with Gasteiger partial charge in [0.25, 0.3) is 0 Å². The van der Waals surface area contributed by atoms with Crippen molar-refractivity contribution in [3.8, 4) is 11.1 Å². The van der Waals surface area contributed by atoms with E-state index < -0.39 is 0 Å². The fraction of sp³-hybridized carbons (Fsp3) is 0.480. The van der Waals surface area contributed by atoms with Crippen molar-refractivity contribution < 1.29 is 0 Å². The predicted molar refractivity (Wildman–Crippen MR) is 120 cm³/mol. The van der Waals surface area contributed by atoms with Crippen LogP contribution in [-0.2, 0) is 0 Å². The van der Waals surface area contributed by atoms with Crippen LogP contribution in [0, 0.1) is 6.92 Å². The monoisotopic (exact) mass is 394 g/mol. The molecule has 0 saturated heterocycles. The minimum atomic E-state index is 0.149. The zero-order valence-corrected chi connectivity index (χ0v) is 17.7. The third-order valence-corrected chi connectivity index (χ3v) is 6.30. The molecule has 0 spiro atoms. The van der Waals surface area contributed by atoms with Crippen LogP contribution in [0.4, 0.5) is 0 Å². The molecular weight excluding hydrogens is 364 g/mol. The van der Waals surface area contributed by atoms with Gasteiger partial charge >= 0.3 is 0 Å². The lowest BCUT2D eigenvalue weighted by atomic mass is 10.0. The van der Waals surface area contributed by atoms with Crippen LogP contribution in [0.3, 0.4) is 0 Å². The summed E-state index contributed by atoms with van der Waals surface area (Å²) >= 11 is 6.37. The number of aliphatic imine (C=N–C) groups is 1. The third-order valence-electron chi connectivity index (χ3n) is 6.07. The van der Waals surface area contributed by atoms with Gasteiger partial charge in [0.2, 0.25) is 0 Å². The van der Waals surface area contributed by atoms with Crippen LogP contribution in [0.5, 0.6) is 0 Å². The van der Waals surface area contributed by atoms with Crippen molar-refractivity contribution in [2.45, 2.75) is 70.8 Å². The first kappa shape index (κ1) is 19.5. The Hall–Kier alpha value is -1.80. The summed E-state index contributed by atoms with van der Waals surface area (Å²) in [5, 5.41) is 4.62. The maximum atomic E-state index is 6.37. The molecule has 1 aliphatic carbocycles. The van der Waals surface area contributed by atoms with E-state index in [2.05, 4.69) is 42.6 Å². The summed E-state index contributed by atoms with van der Waals surface area (Å²) in [6.07, 6.45) is 11.6. The van der Waals surface area contributed by atoms with E-state index in [0.29, 0.717) is 0 Å². The molecule has 1 unspecified atom stereocenters. The van der Waals surface area contributed by atoms with Crippen molar-refractivity contribution in [3.63, 3.8) is 0 Å². The van der Waals surface area contributed by atoms with E-state index in [4.69, 9.17) is 16.6 Å². The van der Waals surface area contributed by atoms with E-state index in [1.807, 2.05) is 6.07 Å². The van der Waals surface area contributed by atoms with Crippen molar-refractivity contribution >= 4 is 17.4 Å². The first-order valence-corrected chi connectivity index (χ1v) is 11.3. The minimum absolute atomic E-state index is 0.149. The molecule has 1 N–H and O–H groups in total. The lowest BCUT2D eigenvalue weighted by molar-refractivity contribution is 0.565. The number of amidine groups is 1. The van der Waals surface area contributed by atoms with Gasteiger partial charge in [0.15, 0.2) is 0 Å². The van der Waals surface area contributed by atoms with Gasteiger partial charge in [-0.25, -0.2) is 0 Å².